The molecule has 2 aromatic rings. The Hall–Kier alpha value is -2.89. The molecule has 6 nitrogen and oxygen atoms in total. The Morgan fingerprint density at radius 2 is 1.85 bits per heavy atom. The minimum atomic E-state index is -0.715. The number of hydrogen-bond donors (Lipinski definition) is 1. The van der Waals surface area contributed by atoms with Gasteiger partial charge in [-0.3, -0.25) is 14.9 Å². The monoisotopic (exact) mass is 356 g/mol. The lowest BCUT2D eigenvalue weighted by molar-refractivity contribution is -0.384. The smallest absolute Gasteiger partial charge is 0.269 e. The van der Waals surface area contributed by atoms with Gasteiger partial charge in [0.05, 0.1) is 4.92 Å². The molecular weight excluding hydrogens is 332 g/mol. The third-order valence-electron chi connectivity index (χ3n) is 4.05. The lowest BCUT2D eigenvalue weighted by Crippen LogP contribution is -2.31. The number of anilines is 1. The van der Waals surface area contributed by atoms with Crippen LogP contribution in [0.4, 0.5) is 11.4 Å². The Kier molecular flexibility index (Phi) is 5.65. The van der Waals surface area contributed by atoms with Gasteiger partial charge in [0.15, 0.2) is 6.10 Å². The Morgan fingerprint density at radius 1 is 1.19 bits per heavy atom. The minimum Gasteiger partial charge on any atom is -0.481 e. The SMILES string of the molecule is Cc1cc([N+](=O)[O-])ccc1NC(=O)C(C)Oc1ccccc1C(C)(C)C. The Balaban J connectivity index is 2.13. The lowest BCUT2D eigenvalue weighted by atomic mass is 9.86. The van der Waals surface area contributed by atoms with Crippen molar-refractivity contribution >= 4 is 17.3 Å². The van der Waals surface area contributed by atoms with E-state index in [4.69, 9.17) is 4.74 Å². The molecule has 6 heteroatoms. The highest BCUT2D eigenvalue weighted by molar-refractivity contribution is 5.94. The molecule has 26 heavy (non-hydrogen) atoms. The maximum atomic E-state index is 12.5. The van der Waals surface area contributed by atoms with E-state index in [0.29, 0.717) is 17.0 Å². The van der Waals surface area contributed by atoms with E-state index in [1.54, 1.807) is 13.8 Å². The average Bonchev–Trinajstić information content (AvgIpc) is 2.55. The highest BCUT2D eigenvalue weighted by Gasteiger charge is 2.22. The van der Waals surface area contributed by atoms with Gasteiger partial charge in [0.1, 0.15) is 5.75 Å². The average molecular weight is 356 g/mol. The van der Waals surface area contributed by atoms with Crippen molar-refractivity contribution in [2.45, 2.75) is 46.1 Å². The van der Waals surface area contributed by atoms with Crippen LogP contribution in [0.15, 0.2) is 42.5 Å². The van der Waals surface area contributed by atoms with Crippen molar-refractivity contribution in [3.05, 3.63) is 63.7 Å². The second-order valence-corrected chi connectivity index (χ2v) is 7.25. The quantitative estimate of drug-likeness (QED) is 0.627. The molecule has 0 aliphatic heterocycles. The van der Waals surface area contributed by atoms with Crippen LogP contribution in [0.25, 0.3) is 0 Å². The number of benzene rings is 2. The first-order valence-electron chi connectivity index (χ1n) is 8.41. The number of carbonyl (C=O) groups is 1. The molecule has 2 aromatic carbocycles. The fourth-order valence-electron chi connectivity index (χ4n) is 2.57. The number of carbonyl (C=O) groups excluding carboxylic acids is 1. The highest BCUT2D eigenvalue weighted by Crippen LogP contribution is 2.31. The number of hydrogen-bond acceptors (Lipinski definition) is 4. The summed E-state index contributed by atoms with van der Waals surface area (Å²) in [6.07, 6.45) is -0.715. The van der Waals surface area contributed by atoms with Crippen LogP contribution in [0.3, 0.4) is 0 Å². The number of amides is 1. The van der Waals surface area contributed by atoms with Crippen LogP contribution in [0.2, 0.25) is 0 Å². The zero-order chi connectivity index (χ0) is 19.5. The number of nitrogens with zero attached hydrogens (tertiary/aromatic N) is 1. The second-order valence-electron chi connectivity index (χ2n) is 7.25. The number of nitrogens with one attached hydrogen (secondary N) is 1. The molecule has 0 saturated carbocycles. The van der Waals surface area contributed by atoms with Gasteiger partial charge < -0.3 is 10.1 Å². The van der Waals surface area contributed by atoms with Crippen LogP contribution in [0.1, 0.15) is 38.8 Å². The van der Waals surface area contributed by atoms with Crippen molar-refractivity contribution in [3.63, 3.8) is 0 Å². The number of rotatable bonds is 5. The van der Waals surface area contributed by atoms with Crippen LogP contribution in [0, 0.1) is 17.0 Å². The molecule has 0 aromatic heterocycles. The summed E-state index contributed by atoms with van der Waals surface area (Å²) in [5.74, 6) is 0.355. The van der Waals surface area contributed by atoms with Crippen molar-refractivity contribution in [2.24, 2.45) is 0 Å². The molecule has 1 atom stereocenters. The first-order valence-corrected chi connectivity index (χ1v) is 8.41. The summed E-state index contributed by atoms with van der Waals surface area (Å²) in [4.78, 5) is 22.8. The van der Waals surface area contributed by atoms with E-state index in [9.17, 15) is 14.9 Å². The summed E-state index contributed by atoms with van der Waals surface area (Å²) in [6, 6.07) is 12.0. The Labute approximate surface area is 153 Å². The van der Waals surface area contributed by atoms with Crippen LogP contribution < -0.4 is 10.1 Å². The molecule has 0 aliphatic carbocycles. The van der Waals surface area contributed by atoms with Crippen molar-refractivity contribution < 1.29 is 14.5 Å². The highest BCUT2D eigenvalue weighted by atomic mass is 16.6. The molecule has 0 aliphatic rings. The molecule has 0 spiro atoms. The number of ether oxygens (including phenoxy) is 1. The van der Waals surface area contributed by atoms with Crippen LogP contribution in [-0.2, 0) is 10.2 Å². The topological polar surface area (TPSA) is 81.5 Å². The molecule has 0 fully saturated rings. The summed E-state index contributed by atoms with van der Waals surface area (Å²) in [5, 5.41) is 13.6. The lowest BCUT2D eigenvalue weighted by Gasteiger charge is -2.24. The normalized spacial score (nSPS) is 12.3. The van der Waals surface area contributed by atoms with Gasteiger partial charge >= 0.3 is 0 Å². The van der Waals surface area contributed by atoms with Crippen molar-refractivity contribution in [1.82, 2.24) is 0 Å². The van der Waals surface area contributed by atoms with Crippen LogP contribution in [-0.4, -0.2) is 16.9 Å². The first kappa shape index (κ1) is 19.4. The number of para-hydroxylation sites is 1. The van der Waals surface area contributed by atoms with E-state index in [0.717, 1.165) is 5.56 Å². The minimum absolute atomic E-state index is 0.0103. The zero-order valence-electron chi connectivity index (χ0n) is 15.7. The van der Waals surface area contributed by atoms with Crippen molar-refractivity contribution in [3.8, 4) is 5.75 Å². The molecule has 1 N–H and O–H groups in total. The van der Waals surface area contributed by atoms with E-state index in [1.807, 2.05) is 24.3 Å². The summed E-state index contributed by atoms with van der Waals surface area (Å²) in [6.45, 7) is 9.64. The molecule has 0 saturated heterocycles. The van der Waals surface area contributed by atoms with E-state index in [2.05, 4.69) is 26.1 Å². The number of nitro benzene ring substituents is 1. The summed E-state index contributed by atoms with van der Waals surface area (Å²) in [5.41, 5.74) is 2.05. The fourth-order valence-corrected chi connectivity index (χ4v) is 2.57. The van der Waals surface area contributed by atoms with Gasteiger partial charge in [-0.15, -0.1) is 0 Å². The van der Waals surface area contributed by atoms with E-state index in [1.165, 1.54) is 18.2 Å². The van der Waals surface area contributed by atoms with E-state index in [-0.39, 0.29) is 17.0 Å². The molecule has 0 heterocycles. The first-order chi connectivity index (χ1) is 12.1. The molecule has 2 rings (SSSR count). The summed E-state index contributed by atoms with van der Waals surface area (Å²) >= 11 is 0. The predicted molar refractivity (Wildman–Crippen MR) is 102 cm³/mol. The Morgan fingerprint density at radius 3 is 2.42 bits per heavy atom. The van der Waals surface area contributed by atoms with Gasteiger partial charge in [-0.05, 0) is 42.5 Å². The second kappa shape index (κ2) is 7.56. The summed E-state index contributed by atoms with van der Waals surface area (Å²) < 4.78 is 5.89. The van der Waals surface area contributed by atoms with Gasteiger partial charge in [-0.2, -0.15) is 0 Å². The molecule has 1 unspecified atom stereocenters. The largest absolute Gasteiger partial charge is 0.481 e. The third-order valence-corrected chi connectivity index (χ3v) is 4.05. The predicted octanol–water partition coefficient (Wildman–Crippen LogP) is 4.61. The molecule has 0 radical (unpaired) electrons. The van der Waals surface area contributed by atoms with Crippen molar-refractivity contribution in [1.29, 1.82) is 0 Å². The van der Waals surface area contributed by atoms with E-state index < -0.39 is 11.0 Å². The van der Waals surface area contributed by atoms with Gasteiger partial charge in [-0.1, -0.05) is 39.0 Å². The molecule has 1 amide bonds. The molecular formula is C20H24N2O4. The van der Waals surface area contributed by atoms with Crippen LogP contribution >= 0.6 is 0 Å². The van der Waals surface area contributed by atoms with Gasteiger partial charge in [0.25, 0.3) is 11.6 Å². The maximum absolute atomic E-state index is 12.5. The van der Waals surface area contributed by atoms with Crippen molar-refractivity contribution in [2.75, 3.05) is 5.32 Å². The molecule has 138 valence electrons. The molecule has 0 bridgehead atoms. The fraction of sp³-hybridized carbons (Fsp3) is 0.350. The Bertz CT molecular complexity index is 825. The zero-order valence-corrected chi connectivity index (χ0v) is 15.7. The third kappa shape index (κ3) is 4.59. The number of aryl methyl sites for hydroxylation is 1. The standard InChI is InChI=1S/C20H24N2O4/c1-13-12-15(22(24)25)10-11-17(13)21-19(23)14(2)26-18-9-7-6-8-16(18)20(3,4)5/h6-12,14H,1-5H3,(H,21,23). The number of non-ortho nitro benzene ring substituents is 1. The van der Waals surface area contributed by atoms with Gasteiger partial charge in [0.2, 0.25) is 0 Å². The van der Waals surface area contributed by atoms with Gasteiger partial charge in [-0.25, -0.2) is 0 Å². The maximum Gasteiger partial charge on any atom is 0.269 e. The summed E-state index contributed by atoms with van der Waals surface area (Å²) in [7, 11) is 0. The van der Waals surface area contributed by atoms with Gasteiger partial charge in [0, 0.05) is 17.8 Å². The van der Waals surface area contributed by atoms with E-state index >= 15 is 0 Å². The van der Waals surface area contributed by atoms with Crippen LogP contribution in [0.5, 0.6) is 5.75 Å². The number of nitro groups is 1.